The molecular weight excluding hydrogens is 215 g/mol. The molecule has 0 unspecified atom stereocenters. The lowest BCUT2D eigenvalue weighted by Crippen LogP contribution is -2.32. The third-order valence-electron chi connectivity index (χ3n) is 3.01. The predicted octanol–water partition coefficient (Wildman–Crippen LogP) is 3.56. The van der Waals surface area contributed by atoms with Crippen LogP contribution in [0.25, 0.3) is 10.9 Å². The molecule has 1 heterocycles. The zero-order chi connectivity index (χ0) is 12.8. The number of halogens is 1. The maximum absolute atomic E-state index is 13.8. The molecule has 0 saturated carbocycles. The molecule has 0 amide bonds. The second-order valence-electron chi connectivity index (χ2n) is 5.39. The normalized spacial score (nSPS) is 12.6. The fourth-order valence-electron chi connectivity index (χ4n) is 2.27. The first-order valence-electron chi connectivity index (χ1n) is 5.91. The van der Waals surface area contributed by atoms with Gasteiger partial charge in [-0.1, -0.05) is 6.07 Å². The molecule has 0 atom stereocenters. The number of rotatable bonds is 2. The number of benzene rings is 1. The van der Waals surface area contributed by atoms with Crippen LogP contribution in [0.5, 0.6) is 0 Å². The van der Waals surface area contributed by atoms with Crippen molar-refractivity contribution in [1.82, 2.24) is 4.57 Å². The summed E-state index contributed by atoms with van der Waals surface area (Å²) < 4.78 is 15.9. The van der Waals surface area contributed by atoms with Crippen molar-refractivity contribution in [3.8, 4) is 0 Å². The molecule has 2 N–H and O–H groups in total. The summed E-state index contributed by atoms with van der Waals surface area (Å²) in [5, 5.41) is 0.648. The minimum atomic E-state index is -0.476. The Balaban J connectivity index is 2.85. The molecule has 0 bridgehead atoms. The van der Waals surface area contributed by atoms with Crippen molar-refractivity contribution in [2.24, 2.45) is 5.73 Å². The van der Waals surface area contributed by atoms with Gasteiger partial charge in [-0.15, -0.1) is 0 Å². The number of hydrogen-bond acceptors (Lipinski definition) is 1. The average Bonchev–Trinajstić information content (AvgIpc) is 2.57. The first-order chi connectivity index (χ1) is 7.82. The van der Waals surface area contributed by atoms with Crippen molar-refractivity contribution in [2.75, 3.05) is 0 Å². The minimum Gasteiger partial charge on any atom is -0.340 e. The summed E-state index contributed by atoms with van der Waals surface area (Å²) in [6.07, 6.45) is 0. The third kappa shape index (κ3) is 1.95. The van der Waals surface area contributed by atoms with E-state index in [1.54, 1.807) is 6.07 Å². The molecule has 3 heteroatoms. The first kappa shape index (κ1) is 12.1. The van der Waals surface area contributed by atoms with E-state index in [9.17, 15) is 4.39 Å². The standard InChI is InChI=1S/C14H19FN2/c1-9(2)17-12-7-5-6-11(15)10(12)8-13(17)14(3,4)16/h5-9H,16H2,1-4H3. The Hall–Kier alpha value is -1.35. The molecule has 1 aromatic carbocycles. The summed E-state index contributed by atoms with van der Waals surface area (Å²) >= 11 is 0. The molecule has 2 nitrogen and oxygen atoms in total. The molecule has 0 aliphatic rings. The molecule has 92 valence electrons. The zero-order valence-corrected chi connectivity index (χ0v) is 10.8. The van der Waals surface area contributed by atoms with Gasteiger partial charge in [0.2, 0.25) is 0 Å². The van der Waals surface area contributed by atoms with Gasteiger partial charge in [0.1, 0.15) is 5.82 Å². The number of nitrogens with zero attached hydrogens (tertiary/aromatic N) is 1. The van der Waals surface area contributed by atoms with Crippen molar-refractivity contribution in [3.05, 3.63) is 35.8 Å². The molecule has 0 saturated heterocycles. The van der Waals surface area contributed by atoms with Gasteiger partial charge in [-0.25, -0.2) is 4.39 Å². The Morgan fingerprint density at radius 3 is 2.47 bits per heavy atom. The highest BCUT2D eigenvalue weighted by molar-refractivity contribution is 5.82. The van der Waals surface area contributed by atoms with Crippen LogP contribution in [-0.4, -0.2) is 4.57 Å². The van der Waals surface area contributed by atoms with Gasteiger partial charge in [-0.3, -0.25) is 0 Å². The van der Waals surface area contributed by atoms with Gasteiger partial charge >= 0.3 is 0 Å². The summed E-state index contributed by atoms with van der Waals surface area (Å²) in [6.45, 7) is 8.05. The molecule has 2 rings (SSSR count). The predicted molar refractivity (Wildman–Crippen MR) is 69.5 cm³/mol. The quantitative estimate of drug-likeness (QED) is 0.846. The highest BCUT2D eigenvalue weighted by atomic mass is 19.1. The van der Waals surface area contributed by atoms with Crippen LogP contribution in [-0.2, 0) is 5.54 Å². The van der Waals surface area contributed by atoms with E-state index in [1.807, 2.05) is 26.0 Å². The monoisotopic (exact) mass is 234 g/mol. The summed E-state index contributed by atoms with van der Waals surface area (Å²) in [7, 11) is 0. The van der Waals surface area contributed by atoms with E-state index < -0.39 is 5.54 Å². The third-order valence-corrected chi connectivity index (χ3v) is 3.01. The van der Waals surface area contributed by atoms with E-state index in [2.05, 4.69) is 18.4 Å². The maximum atomic E-state index is 13.8. The Bertz CT molecular complexity index is 547. The Morgan fingerprint density at radius 1 is 1.29 bits per heavy atom. The molecule has 17 heavy (non-hydrogen) atoms. The van der Waals surface area contributed by atoms with Crippen LogP contribution in [0, 0.1) is 5.82 Å². The maximum Gasteiger partial charge on any atom is 0.132 e. The summed E-state index contributed by atoms with van der Waals surface area (Å²) in [6, 6.07) is 7.29. The Kier molecular flexibility index (Phi) is 2.74. The molecule has 2 aromatic rings. The minimum absolute atomic E-state index is 0.188. The SMILES string of the molecule is CC(C)n1c(C(C)(C)N)cc2c(F)cccc21. The van der Waals surface area contributed by atoms with E-state index in [0.717, 1.165) is 11.2 Å². The van der Waals surface area contributed by atoms with Gasteiger partial charge in [0.05, 0.1) is 11.1 Å². The smallest absolute Gasteiger partial charge is 0.132 e. The Labute approximate surface area is 101 Å². The van der Waals surface area contributed by atoms with Gasteiger partial charge in [0.25, 0.3) is 0 Å². The van der Waals surface area contributed by atoms with Crippen LogP contribution < -0.4 is 5.73 Å². The van der Waals surface area contributed by atoms with Gasteiger partial charge < -0.3 is 10.3 Å². The van der Waals surface area contributed by atoms with Gasteiger partial charge in [-0.2, -0.15) is 0 Å². The second-order valence-corrected chi connectivity index (χ2v) is 5.39. The van der Waals surface area contributed by atoms with Crippen LogP contribution in [0.3, 0.4) is 0 Å². The molecular formula is C14H19FN2. The lowest BCUT2D eigenvalue weighted by Gasteiger charge is -2.24. The molecule has 0 spiro atoms. The molecule has 0 aliphatic heterocycles. The van der Waals surface area contributed by atoms with Crippen LogP contribution in [0.2, 0.25) is 0 Å². The van der Waals surface area contributed by atoms with Gasteiger partial charge in [0.15, 0.2) is 0 Å². The van der Waals surface area contributed by atoms with E-state index in [1.165, 1.54) is 6.07 Å². The van der Waals surface area contributed by atoms with Crippen molar-refractivity contribution in [3.63, 3.8) is 0 Å². The van der Waals surface area contributed by atoms with Crippen molar-refractivity contribution in [1.29, 1.82) is 0 Å². The van der Waals surface area contributed by atoms with Crippen molar-refractivity contribution in [2.45, 2.75) is 39.3 Å². The highest BCUT2D eigenvalue weighted by Crippen LogP contribution is 2.31. The van der Waals surface area contributed by atoms with Gasteiger partial charge in [0, 0.05) is 17.1 Å². The van der Waals surface area contributed by atoms with E-state index >= 15 is 0 Å². The van der Waals surface area contributed by atoms with Crippen LogP contribution in [0.4, 0.5) is 4.39 Å². The average molecular weight is 234 g/mol. The summed E-state index contributed by atoms with van der Waals surface area (Å²) in [5.41, 5.74) is 7.57. The topological polar surface area (TPSA) is 30.9 Å². The van der Waals surface area contributed by atoms with E-state index in [4.69, 9.17) is 5.73 Å². The van der Waals surface area contributed by atoms with Crippen LogP contribution in [0.1, 0.15) is 39.4 Å². The molecule has 0 fully saturated rings. The zero-order valence-electron chi connectivity index (χ0n) is 10.8. The number of nitrogens with two attached hydrogens (primary N) is 1. The number of fused-ring (bicyclic) bond motifs is 1. The van der Waals surface area contributed by atoms with Crippen LogP contribution >= 0.6 is 0 Å². The van der Waals surface area contributed by atoms with E-state index in [0.29, 0.717) is 5.39 Å². The summed E-state index contributed by atoms with van der Waals surface area (Å²) in [4.78, 5) is 0. The van der Waals surface area contributed by atoms with Crippen molar-refractivity contribution >= 4 is 10.9 Å². The molecule has 0 radical (unpaired) electrons. The number of aromatic nitrogens is 1. The summed E-state index contributed by atoms with van der Waals surface area (Å²) in [5.74, 6) is -0.188. The lowest BCUT2D eigenvalue weighted by atomic mass is 10.0. The Morgan fingerprint density at radius 2 is 1.94 bits per heavy atom. The number of hydrogen-bond donors (Lipinski definition) is 1. The largest absolute Gasteiger partial charge is 0.340 e. The van der Waals surface area contributed by atoms with Crippen molar-refractivity contribution < 1.29 is 4.39 Å². The molecule has 1 aromatic heterocycles. The fraction of sp³-hybridized carbons (Fsp3) is 0.429. The van der Waals surface area contributed by atoms with Gasteiger partial charge in [-0.05, 0) is 45.9 Å². The highest BCUT2D eigenvalue weighted by Gasteiger charge is 2.23. The van der Waals surface area contributed by atoms with Crippen LogP contribution in [0.15, 0.2) is 24.3 Å². The van der Waals surface area contributed by atoms with E-state index in [-0.39, 0.29) is 11.9 Å². The fourth-order valence-corrected chi connectivity index (χ4v) is 2.27. The first-order valence-corrected chi connectivity index (χ1v) is 5.91. The lowest BCUT2D eigenvalue weighted by molar-refractivity contribution is 0.474. The molecule has 0 aliphatic carbocycles. The second kappa shape index (κ2) is 3.84.